The van der Waals surface area contributed by atoms with Crippen LogP contribution >= 0.6 is 0 Å². The summed E-state index contributed by atoms with van der Waals surface area (Å²) in [6.45, 7) is 4.21. The highest BCUT2D eigenvalue weighted by atomic mass is 19.4. The number of aromatic nitrogens is 2. The van der Waals surface area contributed by atoms with Crippen LogP contribution in [0, 0.1) is 6.92 Å². The Hall–Kier alpha value is -2.99. The lowest BCUT2D eigenvalue weighted by Gasteiger charge is -2.39. The van der Waals surface area contributed by atoms with Crippen LogP contribution in [0.25, 0.3) is 0 Å². The third-order valence-electron chi connectivity index (χ3n) is 5.32. The van der Waals surface area contributed by atoms with Crippen LogP contribution in [-0.4, -0.2) is 69.6 Å². The summed E-state index contributed by atoms with van der Waals surface area (Å²) in [4.78, 5) is 27.4. The summed E-state index contributed by atoms with van der Waals surface area (Å²) in [5.41, 5.74) is 1.50. The molecule has 4 rings (SSSR count). The zero-order valence-electron chi connectivity index (χ0n) is 17.9. The lowest BCUT2D eigenvalue weighted by Crippen LogP contribution is -2.50. The molecule has 1 amide bonds. The standard InChI is InChI=1S/C19H23N3O4.C2HF3O2/c1-14-9-17(26-21-14)18(23)22-8-2-5-19(13-22)10-16(12-25-19)24-11-15-3-6-20-7-4-15;3-2(4,5)1(6)7/h3-4,6-7,9,16H,2,5,8,10-13H2,1H3;(H,6,7)/t16-,19-;/m0./s1. The molecule has 1 N–H and O–H groups in total. The van der Waals surface area contributed by atoms with E-state index in [2.05, 4.69) is 10.1 Å². The number of rotatable bonds is 4. The average molecular weight is 471 g/mol. The highest BCUT2D eigenvalue weighted by molar-refractivity contribution is 5.91. The monoisotopic (exact) mass is 471 g/mol. The molecule has 2 saturated heterocycles. The van der Waals surface area contributed by atoms with Gasteiger partial charge < -0.3 is 24.0 Å². The summed E-state index contributed by atoms with van der Waals surface area (Å²) in [6.07, 6.45) is 1.16. The highest BCUT2D eigenvalue weighted by Crippen LogP contribution is 2.36. The molecular formula is C21H24F3N3O6. The third kappa shape index (κ3) is 6.75. The number of amides is 1. The maximum absolute atomic E-state index is 12.6. The fourth-order valence-corrected chi connectivity index (χ4v) is 3.78. The van der Waals surface area contributed by atoms with Gasteiger partial charge in [0, 0.05) is 31.4 Å². The van der Waals surface area contributed by atoms with Gasteiger partial charge in [0.25, 0.3) is 5.91 Å². The molecule has 0 radical (unpaired) electrons. The van der Waals surface area contributed by atoms with Gasteiger partial charge in [0.05, 0.1) is 37.2 Å². The van der Waals surface area contributed by atoms with Crippen LogP contribution < -0.4 is 0 Å². The van der Waals surface area contributed by atoms with Crippen molar-refractivity contribution < 1.29 is 41.9 Å². The topological polar surface area (TPSA) is 115 Å². The molecule has 0 saturated carbocycles. The van der Waals surface area contributed by atoms with Crippen molar-refractivity contribution in [3.63, 3.8) is 0 Å². The molecule has 0 bridgehead atoms. The Bertz CT molecular complexity index is 952. The number of hydrogen-bond donors (Lipinski definition) is 1. The van der Waals surface area contributed by atoms with E-state index in [9.17, 15) is 18.0 Å². The van der Waals surface area contributed by atoms with Gasteiger partial charge in [0.2, 0.25) is 5.76 Å². The molecule has 2 aromatic heterocycles. The molecule has 1 spiro atoms. The number of likely N-dealkylation sites (tertiary alicyclic amines) is 1. The second-order valence-corrected chi connectivity index (χ2v) is 7.95. The van der Waals surface area contributed by atoms with Crippen molar-refractivity contribution in [2.24, 2.45) is 0 Å². The Morgan fingerprint density at radius 3 is 2.64 bits per heavy atom. The molecule has 0 unspecified atom stereocenters. The number of halogens is 3. The molecule has 9 nitrogen and oxygen atoms in total. The Labute approximate surface area is 187 Å². The number of carbonyl (C=O) groups excluding carboxylic acids is 1. The van der Waals surface area contributed by atoms with E-state index in [0.29, 0.717) is 37.8 Å². The largest absolute Gasteiger partial charge is 0.490 e. The van der Waals surface area contributed by atoms with Crippen LogP contribution in [0.5, 0.6) is 0 Å². The maximum Gasteiger partial charge on any atom is 0.490 e. The van der Waals surface area contributed by atoms with Gasteiger partial charge in [-0.05, 0) is 37.5 Å². The van der Waals surface area contributed by atoms with Gasteiger partial charge >= 0.3 is 12.1 Å². The molecule has 2 aromatic rings. The summed E-state index contributed by atoms with van der Waals surface area (Å²) >= 11 is 0. The zero-order valence-corrected chi connectivity index (χ0v) is 17.9. The van der Waals surface area contributed by atoms with Crippen LogP contribution in [0.3, 0.4) is 0 Å². The molecule has 4 heterocycles. The molecule has 2 aliphatic rings. The number of ether oxygens (including phenoxy) is 2. The Kier molecular flexibility index (Phi) is 7.69. The van der Waals surface area contributed by atoms with Crippen LogP contribution in [0.15, 0.2) is 35.1 Å². The predicted molar refractivity (Wildman–Crippen MR) is 106 cm³/mol. The molecule has 180 valence electrons. The minimum Gasteiger partial charge on any atom is -0.475 e. The highest BCUT2D eigenvalue weighted by Gasteiger charge is 2.45. The molecule has 2 aliphatic heterocycles. The second-order valence-electron chi connectivity index (χ2n) is 7.95. The number of nitrogens with zero attached hydrogens (tertiary/aromatic N) is 3. The van der Waals surface area contributed by atoms with E-state index in [1.807, 2.05) is 24.0 Å². The van der Waals surface area contributed by atoms with Crippen molar-refractivity contribution in [1.82, 2.24) is 15.0 Å². The Morgan fingerprint density at radius 1 is 1.33 bits per heavy atom. The van der Waals surface area contributed by atoms with E-state index in [4.69, 9.17) is 23.9 Å². The third-order valence-corrected chi connectivity index (χ3v) is 5.32. The van der Waals surface area contributed by atoms with Crippen LogP contribution in [0.2, 0.25) is 0 Å². The minimum absolute atomic E-state index is 0.0470. The lowest BCUT2D eigenvalue weighted by atomic mass is 9.89. The smallest absolute Gasteiger partial charge is 0.475 e. The number of hydrogen-bond acceptors (Lipinski definition) is 7. The summed E-state index contributed by atoms with van der Waals surface area (Å²) in [7, 11) is 0. The quantitative estimate of drug-likeness (QED) is 0.724. The van der Waals surface area contributed by atoms with Gasteiger partial charge in [0.1, 0.15) is 0 Å². The molecule has 33 heavy (non-hydrogen) atoms. The predicted octanol–water partition coefficient (Wildman–Crippen LogP) is 2.99. The number of piperidine rings is 1. The fraction of sp³-hybridized carbons (Fsp3) is 0.524. The number of carboxylic acid groups (broad SMARTS) is 1. The Morgan fingerprint density at radius 2 is 2.03 bits per heavy atom. The average Bonchev–Trinajstić information content (AvgIpc) is 3.38. The van der Waals surface area contributed by atoms with Gasteiger partial charge in [-0.1, -0.05) is 5.16 Å². The summed E-state index contributed by atoms with van der Waals surface area (Å²) in [5, 5.41) is 10.9. The first kappa shape index (κ1) is 24.6. The summed E-state index contributed by atoms with van der Waals surface area (Å²) in [6, 6.07) is 5.58. The molecule has 0 aromatic carbocycles. The van der Waals surface area contributed by atoms with Crippen LogP contribution in [-0.2, 0) is 20.9 Å². The number of carboxylic acids is 1. The number of alkyl halides is 3. The lowest BCUT2D eigenvalue weighted by molar-refractivity contribution is -0.192. The number of aliphatic carboxylic acids is 1. The van der Waals surface area contributed by atoms with Gasteiger partial charge in [0.15, 0.2) is 0 Å². The first-order valence-corrected chi connectivity index (χ1v) is 10.3. The molecule has 2 fully saturated rings. The molecule has 12 heteroatoms. The van der Waals surface area contributed by atoms with Crippen LogP contribution in [0.4, 0.5) is 13.2 Å². The van der Waals surface area contributed by atoms with Gasteiger partial charge in [-0.2, -0.15) is 13.2 Å². The normalized spacial score (nSPS) is 22.7. The van der Waals surface area contributed by atoms with Crippen molar-refractivity contribution in [3.05, 3.63) is 47.6 Å². The maximum atomic E-state index is 12.6. The van der Waals surface area contributed by atoms with Crippen molar-refractivity contribution in [3.8, 4) is 0 Å². The van der Waals surface area contributed by atoms with E-state index in [1.165, 1.54) is 0 Å². The van der Waals surface area contributed by atoms with Crippen molar-refractivity contribution in [2.75, 3.05) is 19.7 Å². The second kappa shape index (κ2) is 10.3. The summed E-state index contributed by atoms with van der Waals surface area (Å²) in [5.74, 6) is -2.58. The SMILES string of the molecule is Cc1cc(C(=O)N2CCC[C@]3(C[C@H](OCc4ccncc4)CO3)C2)on1.O=C(O)C(F)(F)F. The molecular weight excluding hydrogens is 447 g/mol. The van der Waals surface area contributed by atoms with E-state index in [1.54, 1.807) is 18.5 Å². The van der Waals surface area contributed by atoms with Crippen molar-refractivity contribution >= 4 is 11.9 Å². The summed E-state index contributed by atoms with van der Waals surface area (Å²) < 4.78 is 49.0. The van der Waals surface area contributed by atoms with Gasteiger partial charge in [-0.15, -0.1) is 0 Å². The first-order chi connectivity index (χ1) is 15.6. The van der Waals surface area contributed by atoms with Crippen molar-refractivity contribution in [1.29, 1.82) is 0 Å². The number of carbonyl (C=O) groups is 2. The number of pyridine rings is 1. The molecule has 0 aliphatic carbocycles. The fourth-order valence-electron chi connectivity index (χ4n) is 3.78. The van der Waals surface area contributed by atoms with Gasteiger partial charge in [-0.25, -0.2) is 4.79 Å². The molecule has 2 atom stereocenters. The minimum atomic E-state index is -5.08. The van der Waals surface area contributed by atoms with E-state index in [-0.39, 0.29) is 17.6 Å². The number of aryl methyl sites for hydroxylation is 1. The zero-order chi connectivity index (χ0) is 24.1. The first-order valence-electron chi connectivity index (χ1n) is 10.3. The van der Waals surface area contributed by atoms with E-state index in [0.717, 1.165) is 24.8 Å². The van der Waals surface area contributed by atoms with E-state index < -0.39 is 12.1 Å². The Balaban J connectivity index is 0.000000383. The van der Waals surface area contributed by atoms with Crippen LogP contribution in [0.1, 0.15) is 41.1 Å². The van der Waals surface area contributed by atoms with Gasteiger partial charge in [-0.3, -0.25) is 9.78 Å². The van der Waals surface area contributed by atoms with E-state index >= 15 is 0 Å². The van der Waals surface area contributed by atoms with Crippen molar-refractivity contribution in [2.45, 2.75) is 50.7 Å².